The Morgan fingerprint density at radius 3 is 1.72 bits per heavy atom. The van der Waals surface area contributed by atoms with Crippen molar-refractivity contribution in [3.05, 3.63) is 118 Å². The topological polar surface area (TPSA) is 0 Å². The standard InChI is InChI=1S/4C10H16.C10H14.2H2/c1-7-4-5-8-6-9(7)10(8,2)3;4*1-8(2)10-6-4-9(3)5-7-10;;/h8-9H,1,4-6H2,2-3H3;4,7-8H,5-6H2,1-3H3;4,6,8H,5,7H2,1-3H3;4,10H,1,5-7H2,2-3H3;4-8H,1-3H3;2*1H. The van der Waals surface area contributed by atoms with Crippen molar-refractivity contribution in [2.75, 3.05) is 0 Å². The first-order valence-corrected chi connectivity index (χ1v) is 20.2. The molecule has 282 valence electrons. The molecule has 0 aromatic heterocycles. The van der Waals surface area contributed by atoms with Gasteiger partial charge in [0.1, 0.15) is 0 Å². The number of benzene rings is 1. The van der Waals surface area contributed by atoms with Crippen LogP contribution >= 0.6 is 0 Å². The van der Waals surface area contributed by atoms with Gasteiger partial charge in [0.25, 0.3) is 0 Å². The minimum atomic E-state index is 0. The van der Waals surface area contributed by atoms with Crippen LogP contribution in [0.5, 0.6) is 0 Å². The van der Waals surface area contributed by atoms with E-state index in [4.69, 9.17) is 0 Å². The summed E-state index contributed by atoms with van der Waals surface area (Å²) in [7, 11) is 0. The highest BCUT2D eigenvalue weighted by atomic mass is 14.6. The van der Waals surface area contributed by atoms with E-state index in [9.17, 15) is 0 Å². The minimum absolute atomic E-state index is 0. The second-order valence-corrected chi connectivity index (χ2v) is 17.7. The third-order valence-electron chi connectivity index (χ3n) is 12.1. The highest BCUT2D eigenvalue weighted by molar-refractivity contribution is 5.25. The molecule has 0 radical (unpaired) electrons. The van der Waals surface area contributed by atoms with Crippen molar-refractivity contribution in [3.63, 3.8) is 0 Å². The molecule has 0 heterocycles. The van der Waals surface area contributed by atoms with E-state index in [-0.39, 0.29) is 2.85 Å². The van der Waals surface area contributed by atoms with Crippen LogP contribution in [0.25, 0.3) is 0 Å². The SMILES string of the molecule is C=C(C)C1CC=C(C)CC1.C=C1CCC2CC1C2(C)C.CC1=CC=C(C(C)C)CC1.CC1=CCC(C(C)C)=CC1.Cc1ccc(C(C)C)cc1.[HH].[HH]. The molecule has 0 heteroatoms. The zero-order chi connectivity index (χ0) is 37.6. The fourth-order valence-electron chi connectivity index (χ4n) is 7.56. The Labute approximate surface area is 315 Å². The first-order chi connectivity index (χ1) is 23.4. The normalized spacial score (nSPS) is 23.3. The molecular formula is C50H82. The fraction of sp³-hybridized carbons (Fsp3) is 0.600. The van der Waals surface area contributed by atoms with Gasteiger partial charge in [-0.3, -0.25) is 0 Å². The number of hydrogen-bond donors (Lipinski definition) is 0. The van der Waals surface area contributed by atoms with Gasteiger partial charge in [0, 0.05) is 2.85 Å². The molecule has 7 rings (SSSR count). The van der Waals surface area contributed by atoms with Crippen molar-refractivity contribution in [1.82, 2.24) is 0 Å². The first-order valence-electron chi connectivity index (χ1n) is 20.2. The van der Waals surface area contributed by atoms with Gasteiger partial charge in [0.05, 0.1) is 0 Å². The molecule has 3 unspecified atom stereocenters. The number of hydrogen-bond acceptors (Lipinski definition) is 0. The van der Waals surface area contributed by atoms with E-state index >= 15 is 0 Å². The van der Waals surface area contributed by atoms with E-state index in [0.29, 0.717) is 11.3 Å². The van der Waals surface area contributed by atoms with Crippen molar-refractivity contribution in [2.45, 2.75) is 160 Å². The van der Waals surface area contributed by atoms with Crippen molar-refractivity contribution in [3.8, 4) is 0 Å². The quantitative estimate of drug-likeness (QED) is 0.277. The number of rotatable bonds is 4. The molecule has 3 atom stereocenters. The summed E-state index contributed by atoms with van der Waals surface area (Å²) in [6.07, 6.45) is 24.5. The van der Waals surface area contributed by atoms with Gasteiger partial charge in [-0.1, -0.05) is 168 Å². The van der Waals surface area contributed by atoms with Gasteiger partial charge in [-0.15, -0.1) is 0 Å². The average Bonchev–Trinajstić information content (AvgIpc) is 3.06. The van der Waals surface area contributed by atoms with E-state index in [0.717, 1.165) is 29.6 Å². The maximum atomic E-state index is 4.13. The van der Waals surface area contributed by atoms with Gasteiger partial charge < -0.3 is 0 Å². The van der Waals surface area contributed by atoms with E-state index in [1.54, 1.807) is 16.7 Å². The van der Waals surface area contributed by atoms with Crippen molar-refractivity contribution < 1.29 is 2.85 Å². The summed E-state index contributed by atoms with van der Waals surface area (Å²) in [6.45, 7) is 37.3. The molecule has 0 spiro atoms. The average molecular weight is 683 g/mol. The van der Waals surface area contributed by atoms with Crippen LogP contribution in [0, 0.1) is 41.9 Å². The predicted octanol–water partition coefficient (Wildman–Crippen LogP) is 16.5. The lowest BCUT2D eigenvalue weighted by molar-refractivity contribution is -0.0273. The summed E-state index contributed by atoms with van der Waals surface area (Å²) in [5, 5.41) is 0. The van der Waals surface area contributed by atoms with Gasteiger partial charge in [0.2, 0.25) is 0 Å². The van der Waals surface area contributed by atoms with Crippen molar-refractivity contribution in [1.29, 1.82) is 0 Å². The summed E-state index contributed by atoms with van der Waals surface area (Å²) in [5.41, 5.74) is 14.0. The number of allylic oxidation sites excluding steroid dienone is 12. The van der Waals surface area contributed by atoms with E-state index in [2.05, 4.69) is 158 Å². The largest absolute Gasteiger partial charge is 0.0998 e. The van der Waals surface area contributed by atoms with Crippen LogP contribution in [0.3, 0.4) is 0 Å². The molecule has 50 heavy (non-hydrogen) atoms. The Morgan fingerprint density at radius 1 is 0.700 bits per heavy atom. The smallest absolute Gasteiger partial charge is 0 e. The summed E-state index contributed by atoms with van der Waals surface area (Å²) >= 11 is 0. The molecule has 1 aromatic carbocycles. The Balaban J connectivity index is 0.000000619. The number of aryl methyl sites for hydroxylation is 1. The zero-order valence-corrected chi connectivity index (χ0v) is 35.1. The van der Waals surface area contributed by atoms with Crippen LogP contribution in [0.1, 0.15) is 167 Å². The molecule has 2 bridgehead atoms. The highest BCUT2D eigenvalue weighted by Gasteiger charge is 2.51. The summed E-state index contributed by atoms with van der Waals surface area (Å²) < 4.78 is 0. The third-order valence-corrected chi connectivity index (χ3v) is 12.1. The molecule has 3 fully saturated rings. The van der Waals surface area contributed by atoms with E-state index in [1.807, 2.05) is 0 Å². The van der Waals surface area contributed by atoms with Crippen molar-refractivity contribution >= 4 is 0 Å². The lowest BCUT2D eigenvalue weighted by Crippen LogP contribution is -2.48. The zero-order valence-electron chi connectivity index (χ0n) is 35.1. The third kappa shape index (κ3) is 14.6. The van der Waals surface area contributed by atoms with Gasteiger partial charge in [-0.2, -0.15) is 0 Å². The van der Waals surface area contributed by atoms with Crippen LogP contribution in [0.15, 0.2) is 107 Å². The van der Waals surface area contributed by atoms with Crippen LogP contribution in [-0.4, -0.2) is 0 Å². The summed E-state index contributed by atoms with van der Waals surface area (Å²) in [6, 6.07) is 8.71. The summed E-state index contributed by atoms with van der Waals surface area (Å²) in [4.78, 5) is 0. The minimum Gasteiger partial charge on any atom is -0.0998 e. The van der Waals surface area contributed by atoms with Gasteiger partial charge in [0.15, 0.2) is 0 Å². The first kappa shape index (κ1) is 43.6. The van der Waals surface area contributed by atoms with Crippen LogP contribution in [-0.2, 0) is 0 Å². The maximum absolute atomic E-state index is 4.13. The molecule has 0 N–H and O–H groups in total. The van der Waals surface area contributed by atoms with E-state index in [1.165, 1.54) is 97.6 Å². The molecule has 3 saturated carbocycles. The monoisotopic (exact) mass is 683 g/mol. The fourth-order valence-corrected chi connectivity index (χ4v) is 7.56. The predicted molar refractivity (Wildman–Crippen MR) is 231 cm³/mol. The van der Waals surface area contributed by atoms with Crippen LogP contribution in [0.4, 0.5) is 0 Å². The Hall–Kier alpha value is -2.60. The number of fused-ring (bicyclic) bond motifs is 2. The van der Waals surface area contributed by atoms with Crippen molar-refractivity contribution in [2.24, 2.45) is 35.0 Å². The highest BCUT2D eigenvalue weighted by Crippen LogP contribution is 2.60. The van der Waals surface area contributed by atoms with Crippen LogP contribution in [0.2, 0.25) is 0 Å². The Kier molecular flexibility index (Phi) is 18.3. The second-order valence-electron chi connectivity index (χ2n) is 17.7. The second kappa shape index (κ2) is 21.1. The molecule has 0 amide bonds. The molecule has 6 aliphatic carbocycles. The van der Waals surface area contributed by atoms with Gasteiger partial charge >= 0.3 is 0 Å². The molecule has 1 aromatic rings. The molecule has 0 saturated heterocycles. The molecule has 6 aliphatic rings. The maximum Gasteiger partial charge on any atom is 0 e. The lowest BCUT2D eigenvalue weighted by atomic mass is 9.47. The van der Waals surface area contributed by atoms with Gasteiger partial charge in [-0.25, -0.2) is 0 Å². The van der Waals surface area contributed by atoms with Gasteiger partial charge in [-0.05, 0) is 145 Å². The Bertz CT molecular complexity index is 1380. The lowest BCUT2D eigenvalue weighted by Gasteiger charge is -2.57. The molecular weight excluding hydrogens is 601 g/mol. The summed E-state index contributed by atoms with van der Waals surface area (Å²) in [5.74, 6) is 4.78. The van der Waals surface area contributed by atoms with Crippen LogP contribution < -0.4 is 0 Å². The van der Waals surface area contributed by atoms with E-state index < -0.39 is 0 Å². The molecule has 0 nitrogen and oxygen atoms in total. The Morgan fingerprint density at radius 2 is 1.34 bits per heavy atom. The molecule has 0 aliphatic heterocycles.